The van der Waals surface area contributed by atoms with Crippen molar-refractivity contribution in [1.29, 1.82) is 0 Å². The first-order valence-electron chi connectivity index (χ1n) is 6.51. The number of likely N-dealkylation sites (tertiary alicyclic amines) is 1. The number of rotatable bonds is 4. The number of benzene rings is 1. The molecule has 1 aromatic rings. The van der Waals surface area contributed by atoms with Gasteiger partial charge in [0.2, 0.25) is 0 Å². The van der Waals surface area contributed by atoms with E-state index in [0.717, 1.165) is 38.1 Å². The lowest BCUT2D eigenvalue weighted by Gasteiger charge is -2.26. The third-order valence-electron chi connectivity index (χ3n) is 3.57. The number of hydrogen-bond acceptors (Lipinski definition) is 2. The number of aliphatic carboxylic acids is 1. The summed E-state index contributed by atoms with van der Waals surface area (Å²) in [5.41, 5.74) is -0.0842. The highest BCUT2D eigenvalue weighted by molar-refractivity contribution is 5.68. The van der Waals surface area contributed by atoms with Crippen LogP contribution in [0.3, 0.4) is 0 Å². The third kappa shape index (κ3) is 3.50. The van der Waals surface area contributed by atoms with Crippen LogP contribution in [0.2, 0.25) is 0 Å². The Morgan fingerprint density at radius 3 is 2.20 bits per heavy atom. The first-order valence-corrected chi connectivity index (χ1v) is 6.51. The standard InChI is InChI=1S/C14H16F3NO2/c15-14(16,17)11-5-3-10(4-6-11)12(9-13(19)20)18-7-1-2-8-18/h3-6,12H,1-2,7-9H2,(H,19,20). The lowest BCUT2D eigenvalue weighted by molar-refractivity contribution is -0.139. The SMILES string of the molecule is O=C(O)CC(c1ccc(C(F)(F)F)cc1)N1CCCC1. The van der Waals surface area contributed by atoms with Crippen molar-refractivity contribution in [2.24, 2.45) is 0 Å². The van der Waals surface area contributed by atoms with Crippen molar-refractivity contribution in [1.82, 2.24) is 4.90 Å². The van der Waals surface area contributed by atoms with E-state index in [1.54, 1.807) is 0 Å². The van der Waals surface area contributed by atoms with Gasteiger partial charge in [0.25, 0.3) is 0 Å². The monoisotopic (exact) mass is 287 g/mol. The van der Waals surface area contributed by atoms with E-state index in [-0.39, 0.29) is 12.5 Å². The Morgan fingerprint density at radius 2 is 1.75 bits per heavy atom. The first-order chi connectivity index (χ1) is 9.38. The molecule has 2 rings (SSSR count). The van der Waals surface area contributed by atoms with Crippen molar-refractivity contribution in [3.05, 3.63) is 35.4 Å². The molecular weight excluding hydrogens is 271 g/mol. The summed E-state index contributed by atoms with van der Waals surface area (Å²) >= 11 is 0. The van der Waals surface area contributed by atoms with Crippen molar-refractivity contribution in [3.8, 4) is 0 Å². The molecule has 0 aromatic heterocycles. The van der Waals surface area contributed by atoms with Crippen LogP contribution in [0.1, 0.15) is 36.4 Å². The Kier molecular flexibility index (Phi) is 4.32. The van der Waals surface area contributed by atoms with Gasteiger partial charge in [0, 0.05) is 6.04 Å². The molecule has 1 N–H and O–H groups in total. The van der Waals surface area contributed by atoms with Gasteiger partial charge in [0.1, 0.15) is 0 Å². The van der Waals surface area contributed by atoms with Gasteiger partial charge < -0.3 is 5.11 Å². The normalized spacial score (nSPS) is 18.1. The Bertz CT molecular complexity index is 464. The average Bonchev–Trinajstić information content (AvgIpc) is 2.88. The molecule has 0 spiro atoms. The molecule has 0 saturated carbocycles. The quantitative estimate of drug-likeness (QED) is 0.923. The van der Waals surface area contributed by atoms with E-state index >= 15 is 0 Å². The van der Waals surface area contributed by atoms with E-state index in [1.807, 2.05) is 4.90 Å². The lowest BCUT2D eigenvalue weighted by Crippen LogP contribution is -2.27. The van der Waals surface area contributed by atoms with E-state index in [0.29, 0.717) is 5.56 Å². The number of carboxylic acid groups (broad SMARTS) is 1. The van der Waals surface area contributed by atoms with Gasteiger partial charge in [-0.25, -0.2) is 0 Å². The number of halogens is 3. The van der Waals surface area contributed by atoms with Crippen LogP contribution in [0.15, 0.2) is 24.3 Å². The summed E-state index contributed by atoms with van der Waals surface area (Å²) in [6, 6.07) is 4.45. The Morgan fingerprint density at radius 1 is 1.20 bits per heavy atom. The van der Waals surface area contributed by atoms with Gasteiger partial charge in [-0.1, -0.05) is 12.1 Å². The first kappa shape index (κ1) is 14.8. The van der Waals surface area contributed by atoms with Gasteiger partial charge in [-0.3, -0.25) is 9.69 Å². The molecule has 0 amide bonds. The van der Waals surface area contributed by atoms with Crippen LogP contribution in [0, 0.1) is 0 Å². The van der Waals surface area contributed by atoms with Crippen LogP contribution in [0.25, 0.3) is 0 Å². The molecule has 1 aliphatic rings. The van der Waals surface area contributed by atoms with Crippen LogP contribution < -0.4 is 0 Å². The maximum Gasteiger partial charge on any atom is 0.416 e. The Labute approximate surface area is 115 Å². The molecule has 0 radical (unpaired) electrons. The molecule has 1 unspecified atom stereocenters. The Balaban J connectivity index is 2.22. The van der Waals surface area contributed by atoms with Gasteiger partial charge in [0.15, 0.2) is 0 Å². The third-order valence-corrected chi connectivity index (χ3v) is 3.57. The fourth-order valence-corrected chi connectivity index (χ4v) is 2.57. The number of carbonyl (C=O) groups is 1. The summed E-state index contributed by atoms with van der Waals surface area (Å²) in [6.45, 7) is 1.58. The molecule has 0 bridgehead atoms. The molecule has 1 fully saturated rings. The molecule has 1 aliphatic heterocycles. The Hall–Kier alpha value is -1.56. The average molecular weight is 287 g/mol. The van der Waals surface area contributed by atoms with Crippen LogP contribution in [-0.4, -0.2) is 29.1 Å². The summed E-state index contributed by atoms with van der Waals surface area (Å²) in [4.78, 5) is 13.0. The summed E-state index contributed by atoms with van der Waals surface area (Å²) < 4.78 is 37.6. The van der Waals surface area contributed by atoms with Crippen LogP contribution in [-0.2, 0) is 11.0 Å². The van der Waals surface area contributed by atoms with Crippen molar-refractivity contribution >= 4 is 5.97 Å². The summed E-state index contributed by atoms with van der Waals surface area (Å²) in [6.07, 6.45) is -2.46. The topological polar surface area (TPSA) is 40.5 Å². The fourth-order valence-electron chi connectivity index (χ4n) is 2.57. The maximum absolute atomic E-state index is 12.5. The number of nitrogens with zero attached hydrogens (tertiary/aromatic N) is 1. The van der Waals surface area contributed by atoms with E-state index in [4.69, 9.17) is 5.11 Å². The van der Waals surface area contributed by atoms with Gasteiger partial charge in [0.05, 0.1) is 12.0 Å². The van der Waals surface area contributed by atoms with E-state index in [1.165, 1.54) is 12.1 Å². The van der Waals surface area contributed by atoms with Crippen molar-refractivity contribution < 1.29 is 23.1 Å². The maximum atomic E-state index is 12.5. The van der Waals surface area contributed by atoms with E-state index in [2.05, 4.69) is 0 Å². The molecular formula is C14H16F3NO2. The minimum Gasteiger partial charge on any atom is -0.481 e. The van der Waals surface area contributed by atoms with Crippen molar-refractivity contribution in [2.75, 3.05) is 13.1 Å². The van der Waals surface area contributed by atoms with E-state index in [9.17, 15) is 18.0 Å². The van der Waals surface area contributed by atoms with Gasteiger partial charge >= 0.3 is 12.1 Å². The highest BCUT2D eigenvalue weighted by Crippen LogP contribution is 2.32. The fraction of sp³-hybridized carbons (Fsp3) is 0.500. The van der Waals surface area contributed by atoms with Crippen molar-refractivity contribution in [3.63, 3.8) is 0 Å². The zero-order valence-electron chi connectivity index (χ0n) is 10.9. The van der Waals surface area contributed by atoms with Crippen LogP contribution in [0.5, 0.6) is 0 Å². The highest BCUT2D eigenvalue weighted by atomic mass is 19.4. The molecule has 110 valence electrons. The smallest absolute Gasteiger partial charge is 0.416 e. The zero-order valence-corrected chi connectivity index (χ0v) is 10.9. The molecule has 1 saturated heterocycles. The molecule has 1 heterocycles. The zero-order chi connectivity index (χ0) is 14.8. The minimum absolute atomic E-state index is 0.0919. The van der Waals surface area contributed by atoms with Crippen LogP contribution in [0.4, 0.5) is 13.2 Å². The van der Waals surface area contributed by atoms with Crippen LogP contribution >= 0.6 is 0 Å². The number of alkyl halides is 3. The summed E-state index contributed by atoms with van der Waals surface area (Å²) in [5, 5.41) is 8.98. The summed E-state index contributed by atoms with van der Waals surface area (Å²) in [5.74, 6) is -0.943. The van der Waals surface area contributed by atoms with Gasteiger partial charge in [-0.15, -0.1) is 0 Å². The van der Waals surface area contributed by atoms with E-state index < -0.39 is 17.7 Å². The second-order valence-corrected chi connectivity index (χ2v) is 4.98. The molecule has 1 atom stereocenters. The molecule has 6 heteroatoms. The largest absolute Gasteiger partial charge is 0.481 e. The number of hydrogen-bond donors (Lipinski definition) is 1. The predicted molar refractivity (Wildman–Crippen MR) is 67.2 cm³/mol. The molecule has 0 aliphatic carbocycles. The summed E-state index contributed by atoms with van der Waals surface area (Å²) in [7, 11) is 0. The molecule has 20 heavy (non-hydrogen) atoms. The highest BCUT2D eigenvalue weighted by Gasteiger charge is 2.31. The van der Waals surface area contributed by atoms with Gasteiger partial charge in [-0.05, 0) is 43.6 Å². The van der Waals surface area contributed by atoms with Crippen molar-refractivity contribution in [2.45, 2.75) is 31.5 Å². The number of carboxylic acids is 1. The molecule has 3 nitrogen and oxygen atoms in total. The second kappa shape index (κ2) is 5.83. The molecule has 1 aromatic carbocycles. The predicted octanol–water partition coefficient (Wildman–Crippen LogP) is 3.32. The second-order valence-electron chi connectivity index (χ2n) is 4.98. The van der Waals surface area contributed by atoms with Gasteiger partial charge in [-0.2, -0.15) is 13.2 Å². The minimum atomic E-state index is -4.37. The lowest BCUT2D eigenvalue weighted by atomic mass is 10.0.